The van der Waals surface area contributed by atoms with Crippen LogP contribution >= 0.6 is 0 Å². The zero-order valence-electron chi connectivity index (χ0n) is 11.9. The Morgan fingerprint density at radius 2 is 1.95 bits per heavy atom. The molecular weight excluding hydrogens is 271 g/mol. The van der Waals surface area contributed by atoms with Crippen molar-refractivity contribution in [1.82, 2.24) is 4.98 Å². The predicted octanol–water partition coefficient (Wildman–Crippen LogP) is 2.33. The lowest BCUT2D eigenvalue weighted by Crippen LogP contribution is -2.36. The van der Waals surface area contributed by atoms with Gasteiger partial charge in [-0.3, -0.25) is 4.79 Å². The van der Waals surface area contributed by atoms with E-state index in [0.717, 1.165) is 5.56 Å². The van der Waals surface area contributed by atoms with Gasteiger partial charge in [-0.15, -0.1) is 0 Å². The predicted molar refractivity (Wildman–Crippen MR) is 80.2 cm³/mol. The van der Waals surface area contributed by atoms with E-state index in [4.69, 9.17) is 4.74 Å². The van der Waals surface area contributed by atoms with Crippen molar-refractivity contribution in [2.45, 2.75) is 6.92 Å². The molecule has 1 fully saturated rings. The quantitative estimate of drug-likeness (QED) is 0.922. The van der Waals surface area contributed by atoms with E-state index in [1.165, 1.54) is 12.1 Å². The fourth-order valence-corrected chi connectivity index (χ4v) is 2.57. The minimum absolute atomic E-state index is 0.187. The Kier molecular flexibility index (Phi) is 3.75. The molecule has 1 saturated heterocycles. The molecular formula is C16H17FN2O2. The van der Waals surface area contributed by atoms with Crippen LogP contribution in [0.5, 0.6) is 0 Å². The second kappa shape index (κ2) is 5.69. The summed E-state index contributed by atoms with van der Waals surface area (Å²) in [5.74, 6) is -0.279. The fraction of sp³-hybridized carbons (Fsp3) is 0.312. The van der Waals surface area contributed by atoms with Crippen LogP contribution in [0.3, 0.4) is 0 Å². The third-order valence-electron chi connectivity index (χ3n) is 3.72. The van der Waals surface area contributed by atoms with E-state index < -0.39 is 0 Å². The summed E-state index contributed by atoms with van der Waals surface area (Å²) in [5.41, 5.74) is 2.65. The maximum absolute atomic E-state index is 14.4. The number of H-pyrrole nitrogens is 1. The fourth-order valence-electron chi connectivity index (χ4n) is 2.57. The number of morpholine rings is 1. The molecule has 0 atom stereocenters. The maximum atomic E-state index is 14.4. The Morgan fingerprint density at radius 3 is 2.67 bits per heavy atom. The van der Waals surface area contributed by atoms with Crippen LogP contribution in [0.1, 0.15) is 5.56 Å². The number of aryl methyl sites for hydroxylation is 1. The summed E-state index contributed by atoms with van der Waals surface area (Å²) in [6, 6.07) is 8.29. The van der Waals surface area contributed by atoms with Gasteiger partial charge in [0, 0.05) is 24.7 Å². The highest BCUT2D eigenvalue weighted by Gasteiger charge is 2.16. The van der Waals surface area contributed by atoms with Crippen LogP contribution in [-0.4, -0.2) is 31.3 Å². The molecule has 0 saturated carbocycles. The van der Waals surface area contributed by atoms with E-state index in [-0.39, 0.29) is 11.4 Å². The highest BCUT2D eigenvalue weighted by Crippen LogP contribution is 2.27. The minimum atomic E-state index is -0.279. The molecule has 1 aliphatic rings. The molecule has 4 nitrogen and oxygen atoms in total. The average Bonchev–Trinajstić information content (AvgIpc) is 2.50. The van der Waals surface area contributed by atoms with Gasteiger partial charge in [0.05, 0.1) is 24.6 Å². The second-order valence-electron chi connectivity index (χ2n) is 5.15. The number of ether oxygens (including phenoxy) is 1. The third kappa shape index (κ3) is 2.83. The molecule has 0 radical (unpaired) electrons. The molecule has 0 spiro atoms. The van der Waals surface area contributed by atoms with Crippen LogP contribution in [0, 0.1) is 12.7 Å². The normalized spacial score (nSPS) is 15.2. The molecule has 110 valence electrons. The molecule has 3 rings (SSSR count). The van der Waals surface area contributed by atoms with Crippen molar-refractivity contribution in [2.75, 3.05) is 31.2 Å². The summed E-state index contributed by atoms with van der Waals surface area (Å²) in [4.78, 5) is 16.2. The lowest BCUT2D eigenvalue weighted by Gasteiger charge is -2.29. The van der Waals surface area contributed by atoms with E-state index in [0.29, 0.717) is 43.2 Å². The van der Waals surface area contributed by atoms with Crippen molar-refractivity contribution in [3.63, 3.8) is 0 Å². The largest absolute Gasteiger partial charge is 0.378 e. The summed E-state index contributed by atoms with van der Waals surface area (Å²) in [6.07, 6.45) is 0. The van der Waals surface area contributed by atoms with Crippen molar-refractivity contribution in [2.24, 2.45) is 0 Å². The number of nitrogens with one attached hydrogen (secondary N) is 1. The van der Waals surface area contributed by atoms with Crippen molar-refractivity contribution < 1.29 is 9.13 Å². The number of rotatable bonds is 2. The van der Waals surface area contributed by atoms with Crippen LogP contribution in [0.2, 0.25) is 0 Å². The smallest absolute Gasteiger partial charge is 0.248 e. The van der Waals surface area contributed by atoms with Gasteiger partial charge < -0.3 is 14.6 Å². The maximum Gasteiger partial charge on any atom is 0.248 e. The van der Waals surface area contributed by atoms with Gasteiger partial charge >= 0.3 is 0 Å². The molecule has 5 heteroatoms. The van der Waals surface area contributed by atoms with Crippen LogP contribution < -0.4 is 10.5 Å². The zero-order valence-corrected chi connectivity index (χ0v) is 11.9. The van der Waals surface area contributed by atoms with Gasteiger partial charge in [-0.05, 0) is 24.6 Å². The average molecular weight is 288 g/mol. The molecule has 2 aromatic rings. The number of nitrogens with zero attached hydrogens (tertiary/aromatic N) is 1. The number of hydrogen-bond donors (Lipinski definition) is 1. The number of aromatic nitrogens is 1. The molecule has 21 heavy (non-hydrogen) atoms. The lowest BCUT2D eigenvalue weighted by atomic mass is 10.1. The molecule has 1 N–H and O–H groups in total. The highest BCUT2D eigenvalue weighted by molar-refractivity contribution is 5.66. The molecule has 0 unspecified atom stereocenters. The van der Waals surface area contributed by atoms with Crippen molar-refractivity contribution in [1.29, 1.82) is 0 Å². The number of halogens is 1. The first-order chi connectivity index (χ1) is 10.1. The Morgan fingerprint density at radius 1 is 1.19 bits per heavy atom. The molecule has 1 aromatic carbocycles. The van der Waals surface area contributed by atoms with Gasteiger partial charge in [0.15, 0.2) is 0 Å². The van der Waals surface area contributed by atoms with Gasteiger partial charge in [0.25, 0.3) is 0 Å². The van der Waals surface area contributed by atoms with Crippen molar-refractivity contribution >= 4 is 5.69 Å². The molecule has 1 aliphatic heterocycles. The zero-order chi connectivity index (χ0) is 14.8. The Hall–Kier alpha value is -2.14. The van der Waals surface area contributed by atoms with Crippen molar-refractivity contribution in [3.8, 4) is 11.3 Å². The Bertz CT molecular complexity index is 706. The first-order valence-corrected chi connectivity index (χ1v) is 6.98. The van der Waals surface area contributed by atoms with Gasteiger partial charge in [0.1, 0.15) is 5.82 Å². The number of anilines is 1. The third-order valence-corrected chi connectivity index (χ3v) is 3.72. The molecule has 0 aliphatic carbocycles. The SMILES string of the molecule is Cc1ccc(=O)[nH]c1-c1ccc(N2CCOCC2)c(F)c1. The first kappa shape index (κ1) is 13.8. The van der Waals surface area contributed by atoms with E-state index in [1.807, 2.05) is 17.9 Å². The van der Waals surface area contributed by atoms with Gasteiger partial charge in [-0.2, -0.15) is 0 Å². The molecule has 2 heterocycles. The van der Waals surface area contributed by atoms with Crippen LogP contribution in [0.4, 0.5) is 10.1 Å². The monoisotopic (exact) mass is 288 g/mol. The Balaban J connectivity index is 1.97. The van der Waals surface area contributed by atoms with Gasteiger partial charge in [0.2, 0.25) is 5.56 Å². The molecule has 0 bridgehead atoms. The summed E-state index contributed by atoms with van der Waals surface area (Å²) in [6.45, 7) is 4.51. The minimum Gasteiger partial charge on any atom is -0.378 e. The lowest BCUT2D eigenvalue weighted by molar-refractivity contribution is 0.122. The summed E-state index contributed by atoms with van der Waals surface area (Å²) >= 11 is 0. The number of benzene rings is 1. The molecule has 1 aromatic heterocycles. The number of hydrogen-bond acceptors (Lipinski definition) is 3. The molecule has 0 amide bonds. The van der Waals surface area contributed by atoms with Gasteiger partial charge in [-0.25, -0.2) is 4.39 Å². The number of pyridine rings is 1. The van der Waals surface area contributed by atoms with Gasteiger partial charge in [-0.1, -0.05) is 12.1 Å². The van der Waals surface area contributed by atoms with E-state index in [1.54, 1.807) is 12.1 Å². The first-order valence-electron chi connectivity index (χ1n) is 6.98. The number of aromatic amines is 1. The van der Waals surface area contributed by atoms with E-state index in [2.05, 4.69) is 4.98 Å². The Labute approximate surface area is 122 Å². The summed E-state index contributed by atoms with van der Waals surface area (Å²) < 4.78 is 19.7. The van der Waals surface area contributed by atoms with Crippen LogP contribution in [0.25, 0.3) is 11.3 Å². The summed E-state index contributed by atoms with van der Waals surface area (Å²) in [5, 5.41) is 0. The second-order valence-corrected chi connectivity index (χ2v) is 5.15. The summed E-state index contributed by atoms with van der Waals surface area (Å²) in [7, 11) is 0. The van der Waals surface area contributed by atoms with Crippen molar-refractivity contribution in [3.05, 3.63) is 52.1 Å². The van der Waals surface area contributed by atoms with E-state index >= 15 is 0 Å². The van der Waals surface area contributed by atoms with Crippen LogP contribution in [-0.2, 0) is 4.74 Å². The van der Waals surface area contributed by atoms with E-state index in [9.17, 15) is 9.18 Å². The highest BCUT2D eigenvalue weighted by atomic mass is 19.1. The van der Waals surface area contributed by atoms with Crippen LogP contribution in [0.15, 0.2) is 35.1 Å². The standard InChI is InChI=1S/C16H17FN2O2/c1-11-2-5-15(20)18-16(11)12-3-4-14(13(17)10-12)19-6-8-21-9-7-19/h2-5,10H,6-9H2,1H3,(H,18,20). The topological polar surface area (TPSA) is 45.3 Å².